The van der Waals surface area contributed by atoms with Crippen molar-refractivity contribution in [3.05, 3.63) is 72.3 Å². The van der Waals surface area contributed by atoms with Gasteiger partial charge in [-0.1, -0.05) is 25.1 Å². The molecule has 1 unspecified atom stereocenters. The molecule has 0 N–H and O–H groups in total. The van der Waals surface area contributed by atoms with E-state index in [9.17, 15) is 4.79 Å². The molecule has 28 heavy (non-hydrogen) atoms. The summed E-state index contributed by atoms with van der Waals surface area (Å²) < 4.78 is 0. The van der Waals surface area contributed by atoms with Crippen LogP contribution < -0.4 is 4.90 Å². The number of hydrogen-bond acceptors (Lipinski definition) is 5. The van der Waals surface area contributed by atoms with Gasteiger partial charge in [0.2, 0.25) is 0 Å². The largest absolute Gasteiger partial charge is 0.361 e. The minimum absolute atomic E-state index is 0.0106. The standard InChI is InChI=1S/C22H25N5O/c1-5-20(18-7-6-12-23-13-18)27(4)22(28)17-10-8-16(9-11-17)19-14-24-15-21(25-19)26(2)3/h6-15,20H,5H2,1-4H3. The highest BCUT2D eigenvalue weighted by atomic mass is 16.2. The first-order valence-electron chi connectivity index (χ1n) is 9.28. The van der Waals surface area contributed by atoms with E-state index in [0.29, 0.717) is 5.56 Å². The number of aromatic nitrogens is 3. The molecule has 0 saturated carbocycles. The van der Waals surface area contributed by atoms with E-state index in [1.165, 1.54) is 0 Å². The molecule has 1 aromatic carbocycles. The van der Waals surface area contributed by atoms with Crippen molar-refractivity contribution in [1.82, 2.24) is 19.9 Å². The molecule has 0 radical (unpaired) electrons. The Balaban J connectivity index is 1.81. The Kier molecular flexibility index (Phi) is 5.99. The Bertz CT molecular complexity index is 925. The van der Waals surface area contributed by atoms with Crippen LogP contribution in [0.3, 0.4) is 0 Å². The Hall–Kier alpha value is -3.28. The van der Waals surface area contributed by atoms with Gasteiger partial charge in [-0.25, -0.2) is 4.98 Å². The molecule has 0 bridgehead atoms. The number of nitrogens with zero attached hydrogens (tertiary/aromatic N) is 5. The number of pyridine rings is 1. The van der Waals surface area contributed by atoms with Crippen LogP contribution >= 0.6 is 0 Å². The van der Waals surface area contributed by atoms with Crippen molar-refractivity contribution in [1.29, 1.82) is 0 Å². The molecule has 3 aromatic rings. The van der Waals surface area contributed by atoms with Crippen LogP contribution in [0.1, 0.15) is 35.3 Å². The lowest BCUT2D eigenvalue weighted by atomic mass is 10.0. The van der Waals surface area contributed by atoms with Crippen LogP contribution in [0, 0.1) is 0 Å². The van der Waals surface area contributed by atoms with E-state index in [1.807, 2.05) is 68.6 Å². The summed E-state index contributed by atoms with van der Waals surface area (Å²) in [5.41, 5.74) is 3.38. The molecule has 144 valence electrons. The molecule has 0 aliphatic heterocycles. The van der Waals surface area contributed by atoms with Crippen LogP contribution in [-0.4, -0.2) is 46.9 Å². The first-order chi connectivity index (χ1) is 13.5. The third-order valence-electron chi connectivity index (χ3n) is 4.75. The lowest BCUT2D eigenvalue weighted by molar-refractivity contribution is 0.0726. The van der Waals surface area contributed by atoms with Crippen molar-refractivity contribution in [2.45, 2.75) is 19.4 Å². The van der Waals surface area contributed by atoms with Crippen molar-refractivity contribution < 1.29 is 4.79 Å². The molecule has 1 amide bonds. The molecule has 0 aliphatic rings. The van der Waals surface area contributed by atoms with Crippen LogP contribution in [0.5, 0.6) is 0 Å². The fourth-order valence-corrected chi connectivity index (χ4v) is 3.15. The van der Waals surface area contributed by atoms with Gasteiger partial charge in [-0.3, -0.25) is 14.8 Å². The lowest BCUT2D eigenvalue weighted by Crippen LogP contribution is -2.31. The number of amides is 1. The van der Waals surface area contributed by atoms with E-state index in [1.54, 1.807) is 23.5 Å². The maximum Gasteiger partial charge on any atom is 0.254 e. The highest BCUT2D eigenvalue weighted by Crippen LogP contribution is 2.25. The molecule has 0 saturated heterocycles. The van der Waals surface area contributed by atoms with Crippen molar-refractivity contribution in [2.24, 2.45) is 0 Å². The summed E-state index contributed by atoms with van der Waals surface area (Å²) in [4.78, 5) is 29.7. The number of benzene rings is 1. The number of carbonyl (C=O) groups excluding carboxylic acids is 1. The van der Waals surface area contributed by atoms with Crippen LogP contribution in [0.4, 0.5) is 5.82 Å². The molecule has 6 heteroatoms. The summed E-state index contributed by atoms with van der Waals surface area (Å²) in [6.45, 7) is 2.07. The second-order valence-corrected chi connectivity index (χ2v) is 6.86. The van der Waals surface area contributed by atoms with Gasteiger partial charge < -0.3 is 9.80 Å². The molecule has 6 nitrogen and oxygen atoms in total. The third-order valence-corrected chi connectivity index (χ3v) is 4.75. The molecule has 2 aromatic heterocycles. The molecule has 3 rings (SSSR count). The Morgan fingerprint density at radius 3 is 2.36 bits per heavy atom. The summed E-state index contributed by atoms with van der Waals surface area (Å²) in [7, 11) is 5.69. The molecule has 2 heterocycles. The first kappa shape index (κ1) is 19.5. The van der Waals surface area contributed by atoms with Crippen LogP contribution in [-0.2, 0) is 0 Å². The SMILES string of the molecule is CCC(c1cccnc1)N(C)C(=O)c1ccc(-c2cncc(N(C)C)n2)cc1. The van der Waals surface area contributed by atoms with Crippen LogP contribution in [0.25, 0.3) is 11.3 Å². The van der Waals surface area contributed by atoms with E-state index < -0.39 is 0 Å². The summed E-state index contributed by atoms with van der Waals surface area (Å²) in [5.74, 6) is 0.773. The zero-order chi connectivity index (χ0) is 20.1. The monoisotopic (exact) mass is 375 g/mol. The fourth-order valence-electron chi connectivity index (χ4n) is 3.15. The van der Waals surface area contributed by atoms with Crippen LogP contribution in [0.15, 0.2) is 61.2 Å². The van der Waals surface area contributed by atoms with Gasteiger partial charge in [0.05, 0.1) is 24.1 Å². The van der Waals surface area contributed by atoms with Gasteiger partial charge in [-0.2, -0.15) is 0 Å². The smallest absolute Gasteiger partial charge is 0.254 e. The minimum Gasteiger partial charge on any atom is -0.361 e. The van der Waals surface area contributed by atoms with Crippen molar-refractivity contribution in [2.75, 3.05) is 26.0 Å². The average molecular weight is 375 g/mol. The first-order valence-corrected chi connectivity index (χ1v) is 9.28. The Morgan fingerprint density at radius 1 is 1.00 bits per heavy atom. The van der Waals surface area contributed by atoms with E-state index >= 15 is 0 Å². The predicted octanol–water partition coefficient (Wildman–Crippen LogP) is 3.83. The zero-order valence-electron chi connectivity index (χ0n) is 16.7. The van der Waals surface area contributed by atoms with Gasteiger partial charge >= 0.3 is 0 Å². The summed E-state index contributed by atoms with van der Waals surface area (Å²) >= 11 is 0. The summed E-state index contributed by atoms with van der Waals surface area (Å²) in [5, 5.41) is 0. The van der Waals surface area contributed by atoms with Crippen molar-refractivity contribution in [3.8, 4) is 11.3 Å². The topological polar surface area (TPSA) is 62.2 Å². The second-order valence-electron chi connectivity index (χ2n) is 6.86. The van der Waals surface area contributed by atoms with E-state index in [-0.39, 0.29) is 11.9 Å². The Morgan fingerprint density at radius 2 is 1.75 bits per heavy atom. The van der Waals surface area contributed by atoms with E-state index in [4.69, 9.17) is 0 Å². The lowest BCUT2D eigenvalue weighted by Gasteiger charge is -2.27. The van der Waals surface area contributed by atoms with Gasteiger partial charge in [-0.15, -0.1) is 0 Å². The zero-order valence-corrected chi connectivity index (χ0v) is 16.7. The number of hydrogen-bond donors (Lipinski definition) is 0. The van der Waals surface area contributed by atoms with Gasteiger partial charge in [0, 0.05) is 44.7 Å². The van der Waals surface area contributed by atoms with Gasteiger partial charge in [-0.05, 0) is 30.2 Å². The highest BCUT2D eigenvalue weighted by molar-refractivity contribution is 5.94. The van der Waals surface area contributed by atoms with Gasteiger partial charge in [0.15, 0.2) is 0 Å². The predicted molar refractivity (Wildman–Crippen MR) is 111 cm³/mol. The normalized spacial score (nSPS) is 11.7. The summed E-state index contributed by atoms with van der Waals surface area (Å²) in [6.07, 6.45) is 7.83. The Labute approximate surface area is 165 Å². The van der Waals surface area contributed by atoms with Crippen molar-refractivity contribution in [3.63, 3.8) is 0 Å². The molecular formula is C22H25N5O. The third kappa shape index (κ3) is 4.17. The maximum absolute atomic E-state index is 13.0. The van der Waals surface area contributed by atoms with Gasteiger partial charge in [0.25, 0.3) is 5.91 Å². The maximum atomic E-state index is 13.0. The molecule has 0 fully saturated rings. The van der Waals surface area contributed by atoms with Crippen LogP contribution in [0.2, 0.25) is 0 Å². The fraction of sp³-hybridized carbons (Fsp3) is 0.273. The number of anilines is 1. The van der Waals surface area contributed by atoms with Gasteiger partial charge in [0.1, 0.15) is 5.82 Å². The molecule has 0 aliphatic carbocycles. The average Bonchev–Trinajstić information content (AvgIpc) is 2.74. The number of rotatable bonds is 6. The number of carbonyl (C=O) groups is 1. The quantitative estimate of drug-likeness (QED) is 0.655. The summed E-state index contributed by atoms with van der Waals surface area (Å²) in [6, 6.07) is 11.4. The van der Waals surface area contributed by atoms with E-state index in [2.05, 4.69) is 21.9 Å². The van der Waals surface area contributed by atoms with Crippen molar-refractivity contribution >= 4 is 11.7 Å². The molecule has 1 atom stereocenters. The van der Waals surface area contributed by atoms with E-state index in [0.717, 1.165) is 29.1 Å². The molecule has 0 spiro atoms. The second kappa shape index (κ2) is 8.61. The molecular weight excluding hydrogens is 350 g/mol. The highest BCUT2D eigenvalue weighted by Gasteiger charge is 2.21. The minimum atomic E-state index is -0.0182.